The van der Waals surface area contributed by atoms with Gasteiger partial charge in [-0.05, 0) is 54.8 Å². The van der Waals surface area contributed by atoms with Crippen LogP contribution in [0.2, 0.25) is 0 Å². The van der Waals surface area contributed by atoms with E-state index in [2.05, 4.69) is 22.4 Å². The fourth-order valence-corrected chi connectivity index (χ4v) is 3.31. The number of hydrogen-bond acceptors (Lipinski definition) is 4. The second-order valence-electron chi connectivity index (χ2n) is 6.44. The summed E-state index contributed by atoms with van der Waals surface area (Å²) in [5.41, 5.74) is 4.12. The zero-order chi connectivity index (χ0) is 18.6. The Hall–Kier alpha value is -3.65. The number of carbonyl (C=O) groups excluding carboxylic acids is 1. The lowest BCUT2D eigenvalue weighted by molar-refractivity contribution is 0.0985. The van der Waals surface area contributed by atoms with Crippen molar-refractivity contribution in [2.45, 2.75) is 12.8 Å². The Bertz CT molecular complexity index is 1020. The summed E-state index contributed by atoms with van der Waals surface area (Å²) in [7, 11) is 0. The third kappa shape index (κ3) is 3.51. The maximum Gasteiger partial charge on any atom is 0.259 e. The molecule has 0 saturated carbocycles. The molecule has 27 heavy (non-hydrogen) atoms. The normalized spacial score (nSPS) is 12.8. The van der Waals surface area contributed by atoms with E-state index in [1.54, 1.807) is 30.5 Å². The number of para-hydroxylation sites is 1. The molecule has 5 nitrogen and oxygen atoms in total. The molecule has 1 aliphatic heterocycles. The van der Waals surface area contributed by atoms with E-state index in [4.69, 9.17) is 5.26 Å². The van der Waals surface area contributed by atoms with Crippen LogP contribution in [0.15, 0.2) is 66.9 Å². The number of nitrogens with zero attached hydrogens (tertiary/aromatic N) is 3. The number of rotatable bonds is 3. The summed E-state index contributed by atoms with van der Waals surface area (Å²) in [6.07, 6.45) is 3.56. The molecule has 0 fully saturated rings. The standard InChI is InChI=1S/C22H18N4O/c23-14-16-5-3-8-19(13-16)25-21-11-10-18(15-24-21)22(27)26-12-4-7-17-6-1-2-9-20(17)26/h1-3,5-6,8-11,13,15H,4,7,12H2,(H,24,25). The number of pyridine rings is 1. The first kappa shape index (κ1) is 16.8. The van der Waals surface area contributed by atoms with Gasteiger partial charge in [-0.1, -0.05) is 24.3 Å². The van der Waals surface area contributed by atoms with Crippen LogP contribution in [-0.4, -0.2) is 17.4 Å². The van der Waals surface area contributed by atoms with Gasteiger partial charge in [-0.3, -0.25) is 4.79 Å². The highest BCUT2D eigenvalue weighted by atomic mass is 16.2. The molecular formula is C22H18N4O. The van der Waals surface area contributed by atoms with E-state index >= 15 is 0 Å². The quantitative estimate of drug-likeness (QED) is 0.762. The highest BCUT2D eigenvalue weighted by molar-refractivity contribution is 6.06. The lowest BCUT2D eigenvalue weighted by Crippen LogP contribution is -2.35. The second-order valence-corrected chi connectivity index (χ2v) is 6.44. The van der Waals surface area contributed by atoms with Gasteiger partial charge in [-0.15, -0.1) is 0 Å². The third-order valence-electron chi connectivity index (χ3n) is 4.63. The average Bonchev–Trinajstić information content (AvgIpc) is 2.73. The van der Waals surface area contributed by atoms with Crippen LogP contribution in [0.1, 0.15) is 27.9 Å². The highest BCUT2D eigenvalue weighted by Gasteiger charge is 2.23. The lowest BCUT2D eigenvalue weighted by atomic mass is 10.0. The number of fused-ring (bicyclic) bond motifs is 1. The molecule has 2 aromatic carbocycles. The van der Waals surface area contributed by atoms with Crippen LogP contribution >= 0.6 is 0 Å². The van der Waals surface area contributed by atoms with Crippen LogP contribution < -0.4 is 10.2 Å². The molecule has 0 spiro atoms. The van der Waals surface area contributed by atoms with Gasteiger partial charge in [0.25, 0.3) is 5.91 Å². The van der Waals surface area contributed by atoms with Crippen LogP contribution in [0.4, 0.5) is 17.2 Å². The molecule has 2 heterocycles. The Morgan fingerprint density at radius 3 is 2.81 bits per heavy atom. The predicted molar refractivity (Wildman–Crippen MR) is 105 cm³/mol. The number of nitriles is 1. The lowest BCUT2D eigenvalue weighted by Gasteiger charge is -2.29. The molecule has 5 heteroatoms. The van der Waals surface area contributed by atoms with Gasteiger partial charge in [0.05, 0.1) is 17.2 Å². The molecule has 0 unspecified atom stereocenters. The first-order valence-electron chi connectivity index (χ1n) is 8.87. The van der Waals surface area contributed by atoms with Crippen molar-refractivity contribution in [2.24, 2.45) is 0 Å². The van der Waals surface area contributed by atoms with Crippen LogP contribution in [-0.2, 0) is 6.42 Å². The predicted octanol–water partition coefficient (Wildman–Crippen LogP) is 4.29. The Kier molecular flexibility index (Phi) is 4.54. The number of benzene rings is 2. The van der Waals surface area contributed by atoms with Gasteiger partial charge < -0.3 is 10.2 Å². The van der Waals surface area contributed by atoms with Gasteiger partial charge in [-0.2, -0.15) is 5.26 Å². The number of nitrogens with one attached hydrogen (secondary N) is 1. The van der Waals surface area contributed by atoms with Crippen molar-refractivity contribution in [3.05, 3.63) is 83.6 Å². The van der Waals surface area contributed by atoms with E-state index in [9.17, 15) is 4.79 Å². The van der Waals surface area contributed by atoms with Crippen LogP contribution in [0.5, 0.6) is 0 Å². The van der Waals surface area contributed by atoms with Crippen molar-refractivity contribution < 1.29 is 4.79 Å². The minimum Gasteiger partial charge on any atom is -0.340 e. The number of hydrogen-bond donors (Lipinski definition) is 1. The molecule has 0 aliphatic carbocycles. The van der Waals surface area contributed by atoms with Crippen molar-refractivity contribution in [1.82, 2.24) is 4.98 Å². The summed E-state index contributed by atoms with van der Waals surface area (Å²) in [5.74, 6) is 0.591. The third-order valence-corrected chi connectivity index (χ3v) is 4.63. The monoisotopic (exact) mass is 354 g/mol. The summed E-state index contributed by atoms with van der Waals surface area (Å²) in [6.45, 7) is 0.719. The van der Waals surface area contributed by atoms with E-state index in [-0.39, 0.29) is 5.91 Å². The summed E-state index contributed by atoms with van der Waals surface area (Å²) in [6, 6.07) is 20.9. The van der Waals surface area contributed by atoms with Gasteiger partial charge in [0.2, 0.25) is 0 Å². The first-order chi connectivity index (χ1) is 13.2. The molecule has 0 bridgehead atoms. The van der Waals surface area contributed by atoms with Gasteiger partial charge in [0.1, 0.15) is 5.82 Å². The second kappa shape index (κ2) is 7.30. The van der Waals surface area contributed by atoms with E-state index in [0.717, 1.165) is 30.8 Å². The molecular weight excluding hydrogens is 336 g/mol. The minimum atomic E-state index is -0.0346. The van der Waals surface area contributed by atoms with Crippen LogP contribution in [0, 0.1) is 11.3 Å². The van der Waals surface area contributed by atoms with Crippen LogP contribution in [0.25, 0.3) is 0 Å². The Balaban J connectivity index is 1.52. The van der Waals surface area contributed by atoms with E-state index in [1.165, 1.54) is 5.56 Å². The number of aryl methyl sites for hydroxylation is 1. The topological polar surface area (TPSA) is 69.0 Å². The van der Waals surface area contributed by atoms with Crippen molar-refractivity contribution in [3.8, 4) is 6.07 Å². The van der Waals surface area contributed by atoms with Gasteiger partial charge in [-0.25, -0.2) is 4.98 Å². The smallest absolute Gasteiger partial charge is 0.259 e. The molecule has 4 rings (SSSR count). The van der Waals surface area contributed by atoms with E-state index < -0.39 is 0 Å². The molecule has 1 N–H and O–H groups in total. The van der Waals surface area contributed by atoms with E-state index in [0.29, 0.717) is 16.9 Å². The van der Waals surface area contributed by atoms with Crippen LogP contribution in [0.3, 0.4) is 0 Å². The minimum absolute atomic E-state index is 0.0346. The maximum atomic E-state index is 12.9. The average molecular weight is 354 g/mol. The zero-order valence-electron chi connectivity index (χ0n) is 14.7. The molecule has 0 saturated heterocycles. The molecule has 0 radical (unpaired) electrons. The van der Waals surface area contributed by atoms with Crippen molar-refractivity contribution in [2.75, 3.05) is 16.8 Å². The van der Waals surface area contributed by atoms with Gasteiger partial charge in [0.15, 0.2) is 0 Å². The summed E-state index contributed by atoms with van der Waals surface area (Å²) >= 11 is 0. The van der Waals surface area contributed by atoms with Gasteiger partial charge >= 0.3 is 0 Å². The number of aromatic nitrogens is 1. The summed E-state index contributed by atoms with van der Waals surface area (Å²) < 4.78 is 0. The molecule has 1 aliphatic rings. The molecule has 1 amide bonds. The van der Waals surface area contributed by atoms with Crippen molar-refractivity contribution in [3.63, 3.8) is 0 Å². The Morgan fingerprint density at radius 2 is 2.00 bits per heavy atom. The maximum absolute atomic E-state index is 12.9. The molecule has 1 aromatic heterocycles. The van der Waals surface area contributed by atoms with Crippen molar-refractivity contribution in [1.29, 1.82) is 5.26 Å². The number of anilines is 3. The zero-order valence-corrected chi connectivity index (χ0v) is 14.7. The molecule has 3 aromatic rings. The fraction of sp³-hybridized carbons (Fsp3) is 0.136. The SMILES string of the molecule is N#Cc1cccc(Nc2ccc(C(=O)N3CCCc4ccccc43)cn2)c1. The highest BCUT2D eigenvalue weighted by Crippen LogP contribution is 2.28. The number of amides is 1. The molecule has 0 atom stereocenters. The first-order valence-corrected chi connectivity index (χ1v) is 8.87. The fourth-order valence-electron chi connectivity index (χ4n) is 3.31. The van der Waals surface area contributed by atoms with E-state index in [1.807, 2.05) is 35.2 Å². The largest absolute Gasteiger partial charge is 0.340 e. The Labute approximate surface area is 157 Å². The Morgan fingerprint density at radius 1 is 1.11 bits per heavy atom. The number of carbonyl (C=O) groups is 1. The van der Waals surface area contributed by atoms with Crippen molar-refractivity contribution >= 4 is 23.1 Å². The summed E-state index contributed by atoms with van der Waals surface area (Å²) in [4.78, 5) is 19.1. The summed E-state index contributed by atoms with van der Waals surface area (Å²) in [5, 5.41) is 12.1. The molecule has 132 valence electrons. The van der Waals surface area contributed by atoms with Gasteiger partial charge in [0, 0.05) is 24.1 Å².